The number of nitrogens with zero attached hydrogens (tertiary/aromatic N) is 1. The summed E-state index contributed by atoms with van der Waals surface area (Å²) >= 11 is 0. The summed E-state index contributed by atoms with van der Waals surface area (Å²) in [6, 6.07) is 6.65. The van der Waals surface area contributed by atoms with Crippen molar-refractivity contribution in [1.29, 1.82) is 0 Å². The second-order valence-electron chi connectivity index (χ2n) is 6.41. The van der Waals surface area contributed by atoms with E-state index < -0.39 is 5.60 Å². The van der Waals surface area contributed by atoms with Gasteiger partial charge in [-0.25, -0.2) is 9.18 Å². The average molecular weight is 294 g/mol. The minimum Gasteiger partial charge on any atom is -0.444 e. The molecule has 0 unspecified atom stereocenters. The van der Waals surface area contributed by atoms with Gasteiger partial charge in [-0.2, -0.15) is 0 Å². The van der Waals surface area contributed by atoms with Gasteiger partial charge in [0.15, 0.2) is 0 Å². The van der Waals surface area contributed by atoms with Crippen LogP contribution in [0, 0.1) is 5.82 Å². The Morgan fingerprint density at radius 1 is 1.38 bits per heavy atom. The number of halogens is 1. The van der Waals surface area contributed by atoms with Crippen molar-refractivity contribution in [2.75, 3.05) is 19.6 Å². The second-order valence-corrected chi connectivity index (χ2v) is 6.41. The van der Waals surface area contributed by atoms with Gasteiger partial charge in [0, 0.05) is 25.7 Å². The zero-order valence-electron chi connectivity index (χ0n) is 12.9. The van der Waals surface area contributed by atoms with Gasteiger partial charge in [0.2, 0.25) is 0 Å². The van der Waals surface area contributed by atoms with Gasteiger partial charge in [-0.15, -0.1) is 0 Å². The zero-order chi connectivity index (χ0) is 15.5. The molecule has 0 spiro atoms. The first-order chi connectivity index (χ1) is 9.83. The van der Waals surface area contributed by atoms with Crippen molar-refractivity contribution in [2.45, 2.75) is 38.8 Å². The molecule has 2 rings (SSSR count). The molecule has 1 aliphatic rings. The SMILES string of the molecule is CC(C)(C)OC(=O)N1CCN[C@H](Cc2ccc(F)cc2)C1. The number of hydrogen-bond acceptors (Lipinski definition) is 3. The van der Waals surface area contributed by atoms with Crippen LogP contribution >= 0.6 is 0 Å². The van der Waals surface area contributed by atoms with Crippen LogP contribution in [0.4, 0.5) is 9.18 Å². The monoisotopic (exact) mass is 294 g/mol. The predicted octanol–water partition coefficient (Wildman–Crippen LogP) is 2.58. The third-order valence-electron chi connectivity index (χ3n) is 3.30. The molecule has 4 nitrogen and oxygen atoms in total. The third-order valence-corrected chi connectivity index (χ3v) is 3.30. The average Bonchev–Trinajstić information content (AvgIpc) is 2.40. The van der Waals surface area contributed by atoms with E-state index in [1.54, 1.807) is 17.0 Å². The van der Waals surface area contributed by atoms with E-state index >= 15 is 0 Å². The molecule has 1 aromatic rings. The molecule has 0 aliphatic carbocycles. The lowest BCUT2D eigenvalue weighted by molar-refractivity contribution is 0.0195. The van der Waals surface area contributed by atoms with Gasteiger partial charge in [-0.3, -0.25) is 0 Å². The highest BCUT2D eigenvalue weighted by atomic mass is 19.1. The van der Waals surface area contributed by atoms with E-state index in [-0.39, 0.29) is 18.0 Å². The molecule has 116 valence electrons. The molecule has 0 radical (unpaired) electrons. The van der Waals surface area contributed by atoms with Gasteiger partial charge in [0.1, 0.15) is 11.4 Å². The summed E-state index contributed by atoms with van der Waals surface area (Å²) in [7, 11) is 0. The first-order valence-corrected chi connectivity index (χ1v) is 7.29. The Kier molecular flexibility index (Phi) is 4.83. The fraction of sp³-hybridized carbons (Fsp3) is 0.562. The van der Waals surface area contributed by atoms with Crippen molar-refractivity contribution in [1.82, 2.24) is 10.2 Å². The molecule has 0 aromatic heterocycles. The van der Waals surface area contributed by atoms with Crippen LogP contribution in [-0.4, -0.2) is 42.3 Å². The molecular formula is C16H23FN2O2. The highest BCUT2D eigenvalue weighted by Crippen LogP contribution is 2.13. The first kappa shape index (κ1) is 15.8. The molecular weight excluding hydrogens is 271 g/mol. The molecule has 1 N–H and O–H groups in total. The van der Waals surface area contributed by atoms with Crippen molar-refractivity contribution >= 4 is 6.09 Å². The van der Waals surface area contributed by atoms with Crippen molar-refractivity contribution in [2.24, 2.45) is 0 Å². The fourth-order valence-corrected chi connectivity index (χ4v) is 2.36. The molecule has 1 amide bonds. The van der Waals surface area contributed by atoms with Crippen molar-refractivity contribution in [3.05, 3.63) is 35.6 Å². The smallest absolute Gasteiger partial charge is 0.410 e. The number of amides is 1. The van der Waals surface area contributed by atoms with Crippen LogP contribution in [0.2, 0.25) is 0 Å². The van der Waals surface area contributed by atoms with E-state index in [0.29, 0.717) is 13.1 Å². The minimum atomic E-state index is -0.478. The van der Waals surface area contributed by atoms with Crippen LogP contribution < -0.4 is 5.32 Å². The lowest BCUT2D eigenvalue weighted by atomic mass is 10.0. The van der Waals surface area contributed by atoms with Crippen molar-refractivity contribution < 1.29 is 13.9 Å². The Morgan fingerprint density at radius 2 is 2.05 bits per heavy atom. The zero-order valence-corrected chi connectivity index (χ0v) is 12.9. The van der Waals surface area contributed by atoms with Crippen LogP contribution in [0.1, 0.15) is 26.3 Å². The minimum absolute atomic E-state index is 0.164. The number of benzene rings is 1. The Hall–Kier alpha value is -1.62. The molecule has 21 heavy (non-hydrogen) atoms. The number of piperazine rings is 1. The van der Waals surface area contributed by atoms with Crippen molar-refractivity contribution in [3.8, 4) is 0 Å². The maximum Gasteiger partial charge on any atom is 0.410 e. The molecule has 0 bridgehead atoms. The largest absolute Gasteiger partial charge is 0.444 e. The molecule has 1 heterocycles. The van der Waals surface area contributed by atoms with E-state index in [2.05, 4.69) is 5.32 Å². The Balaban J connectivity index is 1.91. The lowest BCUT2D eigenvalue weighted by Crippen LogP contribution is -2.54. The number of rotatable bonds is 2. The number of ether oxygens (including phenoxy) is 1. The topological polar surface area (TPSA) is 41.6 Å². The summed E-state index contributed by atoms with van der Waals surface area (Å²) in [4.78, 5) is 13.8. The molecule has 1 saturated heterocycles. The predicted molar refractivity (Wildman–Crippen MR) is 79.7 cm³/mol. The van der Waals surface area contributed by atoms with Gasteiger partial charge < -0.3 is 15.0 Å². The summed E-state index contributed by atoms with van der Waals surface area (Å²) in [6.45, 7) is 7.58. The normalized spacial score (nSPS) is 19.4. The van der Waals surface area contributed by atoms with E-state index in [4.69, 9.17) is 4.74 Å². The Morgan fingerprint density at radius 3 is 2.67 bits per heavy atom. The quantitative estimate of drug-likeness (QED) is 0.911. The lowest BCUT2D eigenvalue weighted by Gasteiger charge is -2.35. The number of carbonyl (C=O) groups excluding carboxylic acids is 1. The number of hydrogen-bond donors (Lipinski definition) is 1. The Labute approximate surface area is 125 Å². The number of carbonyl (C=O) groups is 1. The first-order valence-electron chi connectivity index (χ1n) is 7.29. The maximum absolute atomic E-state index is 12.9. The van der Waals surface area contributed by atoms with E-state index in [0.717, 1.165) is 18.5 Å². The van der Waals surface area contributed by atoms with E-state index in [1.807, 2.05) is 20.8 Å². The van der Waals surface area contributed by atoms with Crippen LogP contribution in [0.3, 0.4) is 0 Å². The standard InChI is InChI=1S/C16H23FN2O2/c1-16(2,3)21-15(20)19-9-8-18-14(11-19)10-12-4-6-13(17)7-5-12/h4-7,14,18H,8-11H2,1-3H3/t14-/m1/s1. The Bertz CT molecular complexity index is 482. The third kappa shape index (κ3) is 5.01. The summed E-state index contributed by atoms with van der Waals surface area (Å²) in [5.74, 6) is -0.231. The van der Waals surface area contributed by atoms with Gasteiger partial charge in [-0.1, -0.05) is 12.1 Å². The van der Waals surface area contributed by atoms with Gasteiger partial charge >= 0.3 is 6.09 Å². The summed E-state index contributed by atoms with van der Waals surface area (Å²) in [6.07, 6.45) is 0.493. The van der Waals surface area contributed by atoms with Crippen LogP contribution in [0.15, 0.2) is 24.3 Å². The summed E-state index contributed by atoms with van der Waals surface area (Å²) in [5, 5.41) is 3.39. The molecule has 5 heteroatoms. The molecule has 1 atom stereocenters. The van der Waals surface area contributed by atoms with Gasteiger partial charge in [0.25, 0.3) is 0 Å². The molecule has 1 aliphatic heterocycles. The van der Waals surface area contributed by atoms with E-state index in [9.17, 15) is 9.18 Å². The highest BCUT2D eigenvalue weighted by Gasteiger charge is 2.27. The second kappa shape index (κ2) is 6.43. The van der Waals surface area contributed by atoms with E-state index in [1.165, 1.54) is 12.1 Å². The molecule has 0 saturated carbocycles. The number of nitrogens with one attached hydrogen (secondary N) is 1. The van der Waals surface area contributed by atoms with Gasteiger partial charge in [-0.05, 0) is 44.9 Å². The van der Waals surface area contributed by atoms with Crippen LogP contribution in [0.5, 0.6) is 0 Å². The van der Waals surface area contributed by atoms with Crippen LogP contribution in [0.25, 0.3) is 0 Å². The van der Waals surface area contributed by atoms with Crippen molar-refractivity contribution in [3.63, 3.8) is 0 Å². The van der Waals surface area contributed by atoms with Crippen LogP contribution in [-0.2, 0) is 11.2 Å². The summed E-state index contributed by atoms with van der Waals surface area (Å²) in [5.41, 5.74) is 0.578. The molecule has 1 fully saturated rings. The highest BCUT2D eigenvalue weighted by molar-refractivity contribution is 5.68. The maximum atomic E-state index is 12.9. The van der Waals surface area contributed by atoms with Gasteiger partial charge in [0.05, 0.1) is 0 Å². The summed E-state index contributed by atoms with van der Waals surface area (Å²) < 4.78 is 18.3. The fourth-order valence-electron chi connectivity index (χ4n) is 2.36. The molecule has 1 aromatic carbocycles.